The van der Waals surface area contributed by atoms with E-state index in [4.69, 9.17) is 17.7 Å². The Labute approximate surface area is 295 Å². The summed E-state index contributed by atoms with van der Waals surface area (Å²) >= 11 is 0. The van der Waals surface area contributed by atoms with Gasteiger partial charge < -0.3 is 17.7 Å². The molecule has 4 heteroatoms. The van der Waals surface area contributed by atoms with Crippen LogP contribution in [0.4, 0.5) is 0 Å². The minimum Gasteiger partial charge on any atom is -0.456 e. The van der Waals surface area contributed by atoms with Crippen LogP contribution in [0.25, 0.3) is 121 Å². The average molecular weight is 667 g/mol. The maximum atomic E-state index is 6.38. The largest absolute Gasteiger partial charge is 0.456 e. The molecule has 0 fully saturated rings. The van der Waals surface area contributed by atoms with Crippen LogP contribution in [0.2, 0.25) is 0 Å². The molecule has 0 amide bonds. The zero-order chi connectivity index (χ0) is 33.9. The van der Waals surface area contributed by atoms with Crippen molar-refractivity contribution in [3.8, 4) is 33.4 Å². The summed E-state index contributed by atoms with van der Waals surface area (Å²) in [5.74, 6) is 0. The molecular weight excluding hydrogens is 641 g/mol. The van der Waals surface area contributed by atoms with Gasteiger partial charge in [-0.15, -0.1) is 0 Å². The second kappa shape index (κ2) is 10.3. The van der Waals surface area contributed by atoms with E-state index in [2.05, 4.69) is 121 Å². The molecule has 0 atom stereocenters. The van der Waals surface area contributed by atoms with Crippen LogP contribution in [0.3, 0.4) is 0 Å². The molecule has 0 saturated heterocycles. The van der Waals surface area contributed by atoms with Gasteiger partial charge in [-0.25, -0.2) is 0 Å². The van der Waals surface area contributed by atoms with E-state index in [0.717, 1.165) is 110 Å². The van der Waals surface area contributed by atoms with E-state index in [9.17, 15) is 0 Å². The average Bonchev–Trinajstić information content (AvgIpc) is 3.96. The summed E-state index contributed by atoms with van der Waals surface area (Å²) in [6.45, 7) is 0. The summed E-state index contributed by atoms with van der Waals surface area (Å²) in [4.78, 5) is 0. The van der Waals surface area contributed by atoms with E-state index in [0.29, 0.717) is 0 Å². The zero-order valence-electron chi connectivity index (χ0n) is 27.6. The molecule has 0 bridgehead atoms. The van der Waals surface area contributed by atoms with Crippen molar-refractivity contribution in [3.05, 3.63) is 158 Å². The lowest BCUT2D eigenvalue weighted by Crippen LogP contribution is -1.82. The summed E-state index contributed by atoms with van der Waals surface area (Å²) < 4.78 is 25.2. The monoisotopic (exact) mass is 666 g/mol. The van der Waals surface area contributed by atoms with Gasteiger partial charge >= 0.3 is 0 Å². The van der Waals surface area contributed by atoms with Gasteiger partial charge in [-0.2, -0.15) is 0 Å². The van der Waals surface area contributed by atoms with E-state index in [-0.39, 0.29) is 0 Å². The number of benzene rings is 8. The Morgan fingerprint density at radius 3 is 1.29 bits per heavy atom. The Balaban J connectivity index is 0.983. The van der Waals surface area contributed by atoms with E-state index in [1.165, 1.54) is 11.1 Å². The molecule has 0 spiro atoms. The van der Waals surface area contributed by atoms with Crippen molar-refractivity contribution in [3.63, 3.8) is 0 Å². The number of para-hydroxylation sites is 1. The van der Waals surface area contributed by atoms with E-state index in [1.54, 1.807) is 0 Å². The Bertz CT molecular complexity index is 3410. The lowest BCUT2D eigenvalue weighted by atomic mass is 9.96. The van der Waals surface area contributed by atoms with E-state index in [1.807, 2.05) is 36.4 Å². The van der Waals surface area contributed by atoms with Gasteiger partial charge in [0.05, 0.1) is 0 Å². The number of hydrogen-bond acceptors (Lipinski definition) is 4. The molecule has 12 rings (SSSR count). The molecule has 0 aliphatic carbocycles. The molecule has 4 nitrogen and oxygen atoms in total. The molecule has 4 aromatic heterocycles. The highest BCUT2D eigenvalue weighted by molar-refractivity contribution is 6.26. The van der Waals surface area contributed by atoms with Gasteiger partial charge in [-0.3, -0.25) is 0 Å². The van der Waals surface area contributed by atoms with Crippen molar-refractivity contribution < 1.29 is 17.7 Å². The van der Waals surface area contributed by atoms with Gasteiger partial charge in [0.25, 0.3) is 0 Å². The predicted molar refractivity (Wildman–Crippen MR) is 212 cm³/mol. The Hall–Kier alpha value is -7.04. The normalized spacial score (nSPS) is 12.2. The van der Waals surface area contributed by atoms with Gasteiger partial charge in [0, 0.05) is 49.2 Å². The fourth-order valence-electron chi connectivity index (χ4n) is 8.18. The van der Waals surface area contributed by atoms with Crippen LogP contribution in [0.5, 0.6) is 0 Å². The standard InChI is InChI=1S/C48H26O4/c1-2-7-27(8-3-1)30-13-16-40-34(22-30)36-25-37-35-23-31(14-17-41(35)52-46(37)26-45(36)51-40)28-9-6-10-29(21-28)32-15-18-42-38(24-32)48-44(50-42)20-19-43-47(48)33-11-4-5-12-39(33)49-43/h1-26H. The van der Waals surface area contributed by atoms with Gasteiger partial charge in [-0.05, 0) is 100 Å². The van der Waals surface area contributed by atoms with Crippen LogP contribution in [0.15, 0.2) is 175 Å². The highest BCUT2D eigenvalue weighted by Gasteiger charge is 2.18. The van der Waals surface area contributed by atoms with Crippen LogP contribution < -0.4 is 0 Å². The summed E-state index contributed by atoms with van der Waals surface area (Å²) in [6.07, 6.45) is 0. The highest BCUT2D eigenvalue weighted by atomic mass is 16.3. The smallest absolute Gasteiger partial charge is 0.139 e. The number of rotatable bonds is 3. The van der Waals surface area contributed by atoms with E-state index >= 15 is 0 Å². The van der Waals surface area contributed by atoms with Crippen LogP contribution in [-0.2, 0) is 0 Å². The Kier molecular flexibility index (Phi) is 5.47. The minimum atomic E-state index is 0.816. The maximum absolute atomic E-state index is 6.38. The van der Waals surface area contributed by atoms with Crippen molar-refractivity contribution >= 4 is 87.8 Å². The van der Waals surface area contributed by atoms with Crippen molar-refractivity contribution in [2.24, 2.45) is 0 Å². The maximum Gasteiger partial charge on any atom is 0.139 e. The first kappa shape index (κ1) is 27.7. The molecule has 4 heterocycles. The molecule has 52 heavy (non-hydrogen) atoms. The van der Waals surface area contributed by atoms with Crippen molar-refractivity contribution in [2.45, 2.75) is 0 Å². The predicted octanol–water partition coefficient (Wildman–Crippen LogP) is 14.3. The summed E-state index contributed by atoms with van der Waals surface area (Å²) in [7, 11) is 0. The van der Waals surface area contributed by atoms with Crippen LogP contribution >= 0.6 is 0 Å². The molecule has 242 valence electrons. The van der Waals surface area contributed by atoms with Gasteiger partial charge in [0.2, 0.25) is 0 Å². The lowest BCUT2D eigenvalue weighted by molar-refractivity contribution is 0.656. The van der Waals surface area contributed by atoms with Crippen LogP contribution in [0.1, 0.15) is 0 Å². The van der Waals surface area contributed by atoms with Crippen LogP contribution in [-0.4, -0.2) is 0 Å². The third-order valence-electron chi connectivity index (χ3n) is 10.7. The number of hydrogen-bond donors (Lipinski definition) is 0. The summed E-state index contributed by atoms with van der Waals surface area (Å²) in [5, 5.41) is 8.69. The van der Waals surface area contributed by atoms with Crippen LogP contribution in [0, 0.1) is 0 Å². The highest BCUT2D eigenvalue weighted by Crippen LogP contribution is 2.42. The molecule has 0 aliphatic rings. The molecule has 0 aliphatic heterocycles. The molecule has 0 unspecified atom stereocenters. The second-order valence-electron chi connectivity index (χ2n) is 13.6. The van der Waals surface area contributed by atoms with E-state index < -0.39 is 0 Å². The second-order valence-corrected chi connectivity index (χ2v) is 13.6. The SMILES string of the molecule is c1ccc(-c2ccc3oc4cc5oc6ccc(-c7cccc(-c8ccc9oc%10ccc%11oc%12ccccc%12c%11c%10c9c8)c7)cc6c5cc4c3c2)cc1. The van der Waals surface area contributed by atoms with Gasteiger partial charge in [0.15, 0.2) is 0 Å². The van der Waals surface area contributed by atoms with Gasteiger partial charge in [-0.1, -0.05) is 84.9 Å². The molecule has 0 N–H and O–H groups in total. The third kappa shape index (κ3) is 3.97. The molecule has 0 radical (unpaired) electrons. The fraction of sp³-hybridized carbons (Fsp3) is 0. The molecular formula is C48H26O4. The minimum absolute atomic E-state index is 0.816. The first-order valence-corrected chi connectivity index (χ1v) is 17.5. The first-order chi connectivity index (χ1) is 25.7. The Morgan fingerprint density at radius 2 is 0.635 bits per heavy atom. The first-order valence-electron chi connectivity index (χ1n) is 17.5. The van der Waals surface area contributed by atoms with Crippen molar-refractivity contribution in [1.29, 1.82) is 0 Å². The van der Waals surface area contributed by atoms with Crippen molar-refractivity contribution in [2.75, 3.05) is 0 Å². The summed E-state index contributed by atoms with van der Waals surface area (Å²) in [6, 6.07) is 55.0. The van der Waals surface area contributed by atoms with Crippen molar-refractivity contribution in [1.82, 2.24) is 0 Å². The lowest BCUT2D eigenvalue weighted by Gasteiger charge is -2.07. The summed E-state index contributed by atoms with van der Waals surface area (Å²) in [5.41, 5.74) is 13.7. The fourth-order valence-corrected chi connectivity index (χ4v) is 8.18. The zero-order valence-corrected chi connectivity index (χ0v) is 27.6. The molecule has 12 aromatic rings. The number of fused-ring (bicyclic) bond motifs is 13. The molecule has 8 aromatic carbocycles. The quantitative estimate of drug-likeness (QED) is 0.188. The molecule has 0 saturated carbocycles. The number of furan rings is 4. The Morgan fingerprint density at radius 1 is 0.212 bits per heavy atom. The topological polar surface area (TPSA) is 52.6 Å². The third-order valence-corrected chi connectivity index (χ3v) is 10.7. The van der Waals surface area contributed by atoms with Gasteiger partial charge in [0.1, 0.15) is 44.7 Å².